The fraction of sp³-hybridized carbons (Fsp3) is 0.406. The predicted molar refractivity (Wildman–Crippen MR) is 166 cm³/mol. The zero-order chi connectivity index (χ0) is 29.3. The van der Waals surface area contributed by atoms with Crippen LogP contribution in [0.3, 0.4) is 0 Å². The molecule has 2 saturated heterocycles. The van der Waals surface area contributed by atoms with Crippen LogP contribution in [0.25, 0.3) is 11.1 Å². The summed E-state index contributed by atoms with van der Waals surface area (Å²) < 4.78 is 5.44. The number of morpholine rings is 1. The van der Waals surface area contributed by atoms with E-state index < -0.39 is 0 Å². The minimum atomic E-state index is -0.193. The second-order valence-electron chi connectivity index (χ2n) is 10.9. The maximum Gasteiger partial charge on any atom is 0.320 e. The largest absolute Gasteiger partial charge is 0.378 e. The number of carbonyl (C=O) groups excluding carboxylic acids is 2. The van der Waals surface area contributed by atoms with Crippen molar-refractivity contribution >= 4 is 23.3 Å². The third-order valence-corrected chi connectivity index (χ3v) is 7.83. The van der Waals surface area contributed by atoms with Crippen LogP contribution in [0, 0.1) is 0 Å². The van der Waals surface area contributed by atoms with E-state index in [4.69, 9.17) is 10.5 Å². The van der Waals surface area contributed by atoms with E-state index in [0.29, 0.717) is 51.5 Å². The molecule has 2 aliphatic rings. The van der Waals surface area contributed by atoms with E-state index in [1.165, 1.54) is 0 Å². The topological polar surface area (TPSA) is 107 Å². The van der Waals surface area contributed by atoms with Crippen LogP contribution >= 0.6 is 0 Å². The molecule has 0 bridgehead atoms. The van der Waals surface area contributed by atoms with Crippen LogP contribution in [-0.2, 0) is 11.3 Å². The molecule has 2 aliphatic heterocycles. The van der Waals surface area contributed by atoms with Gasteiger partial charge in [-0.25, -0.2) is 4.79 Å². The minimum Gasteiger partial charge on any atom is -0.378 e. The number of pyridine rings is 1. The number of rotatable bonds is 9. The Morgan fingerprint density at radius 3 is 2.50 bits per heavy atom. The monoisotopic (exact) mass is 571 g/mol. The highest BCUT2D eigenvalue weighted by molar-refractivity contribution is 6.06. The molecule has 0 saturated carbocycles. The summed E-state index contributed by atoms with van der Waals surface area (Å²) in [5, 5.41) is 3.15. The Morgan fingerprint density at radius 1 is 0.976 bits per heavy atom. The first-order valence-electron chi connectivity index (χ1n) is 14.7. The number of aromatic nitrogens is 1. The van der Waals surface area contributed by atoms with Crippen LogP contribution in [0.4, 0.5) is 16.2 Å². The molecule has 3 N–H and O–H groups in total. The average molecular weight is 572 g/mol. The Balaban J connectivity index is 1.40. The van der Waals surface area contributed by atoms with Gasteiger partial charge in [0.05, 0.1) is 30.2 Å². The zero-order valence-electron chi connectivity index (χ0n) is 24.4. The van der Waals surface area contributed by atoms with Crippen molar-refractivity contribution in [3.05, 3.63) is 78.1 Å². The van der Waals surface area contributed by atoms with Gasteiger partial charge in [-0.3, -0.25) is 9.78 Å². The van der Waals surface area contributed by atoms with E-state index in [1.807, 2.05) is 21.9 Å². The normalized spacial score (nSPS) is 15.9. The SMILES string of the molecule is CN1CCN(c2ccc(-c3cccc(CN(CCCN)C(=O)N4CCOCC4)c3)cc2NC(=O)c2cccnc2)CC1. The highest BCUT2D eigenvalue weighted by atomic mass is 16.5. The Labute approximate surface area is 248 Å². The van der Waals surface area contributed by atoms with Crippen molar-refractivity contribution < 1.29 is 14.3 Å². The third-order valence-electron chi connectivity index (χ3n) is 7.83. The van der Waals surface area contributed by atoms with E-state index in [0.717, 1.165) is 60.7 Å². The van der Waals surface area contributed by atoms with Crippen molar-refractivity contribution in [2.45, 2.75) is 13.0 Å². The Morgan fingerprint density at radius 2 is 1.76 bits per heavy atom. The number of hydrogen-bond donors (Lipinski definition) is 2. The number of ether oxygens (including phenoxy) is 1. The molecule has 222 valence electrons. The van der Waals surface area contributed by atoms with Gasteiger partial charge in [-0.1, -0.05) is 24.3 Å². The van der Waals surface area contributed by atoms with Gasteiger partial charge in [-0.15, -0.1) is 0 Å². The van der Waals surface area contributed by atoms with E-state index >= 15 is 0 Å². The molecule has 3 heterocycles. The lowest BCUT2D eigenvalue weighted by Crippen LogP contribution is -2.48. The molecule has 1 aromatic heterocycles. The molecule has 5 rings (SSSR count). The number of urea groups is 1. The summed E-state index contributed by atoms with van der Waals surface area (Å²) in [6, 6.07) is 18.1. The summed E-state index contributed by atoms with van der Waals surface area (Å²) in [7, 11) is 2.13. The number of likely N-dealkylation sites (N-methyl/N-ethyl adjacent to an activating group) is 1. The van der Waals surface area contributed by atoms with Gasteiger partial charge in [-0.2, -0.15) is 0 Å². The first kappa shape index (κ1) is 29.5. The second-order valence-corrected chi connectivity index (χ2v) is 10.9. The molecule has 2 fully saturated rings. The molecule has 0 aliphatic carbocycles. The summed E-state index contributed by atoms with van der Waals surface area (Å²) in [6.07, 6.45) is 3.97. The van der Waals surface area contributed by atoms with Gasteiger partial charge in [0.2, 0.25) is 0 Å². The number of nitrogens with one attached hydrogen (secondary N) is 1. The first-order valence-corrected chi connectivity index (χ1v) is 14.7. The van der Waals surface area contributed by atoms with Crippen molar-refractivity contribution in [1.82, 2.24) is 19.7 Å². The van der Waals surface area contributed by atoms with E-state index in [-0.39, 0.29) is 11.9 Å². The van der Waals surface area contributed by atoms with Gasteiger partial charge in [0.15, 0.2) is 0 Å². The van der Waals surface area contributed by atoms with Crippen LogP contribution in [-0.4, -0.2) is 104 Å². The molecule has 10 nitrogen and oxygen atoms in total. The molecule has 3 aromatic rings. The van der Waals surface area contributed by atoms with Crippen LogP contribution in [0.5, 0.6) is 0 Å². The van der Waals surface area contributed by atoms with Gasteiger partial charge >= 0.3 is 6.03 Å². The van der Waals surface area contributed by atoms with Gasteiger partial charge < -0.3 is 35.4 Å². The van der Waals surface area contributed by atoms with Crippen molar-refractivity contribution in [1.29, 1.82) is 0 Å². The number of benzene rings is 2. The Bertz CT molecular complexity index is 1340. The number of anilines is 2. The van der Waals surface area contributed by atoms with E-state index in [2.05, 4.69) is 57.5 Å². The van der Waals surface area contributed by atoms with Crippen LogP contribution < -0.4 is 16.0 Å². The highest BCUT2D eigenvalue weighted by Crippen LogP contribution is 2.33. The molecule has 10 heteroatoms. The molecule has 0 radical (unpaired) electrons. The molecular weight excluding hydrogens is 530 g/mol. The summed E-state index contributed by atoms with van der Waals surface area (Å²) in [4.78, 5) is 39.0. The number of nitrogens with two attached hydrogens (primary N) is 1. The highest BCUT2D eigenvalue weighted by Gasteiger charge is 2.23. The summed E-state index contributed by atoms with van der Waals surface area (Å²) in [5.74, 6) is -0.193. The fourth-order valence-electron chi connectivity index (χ4n) is 5.38. The predicted octanol–water partition coefficient (Wildman–Crippen LogP) is 3.36. The molecular formula is C32H41N7O3. The number of carbonyl (C=O) groups is 2. The first-order chi connectivity index (χ1) is 20.5. The lowest BCUT2D eigenvalue weighted by atomic mass is 10.0. The standard InChI is InChI=1S/C32H41N7O3/c1-36-13-15-37(16-14-36)30-9-8-27(22-29(30)35-31(40)28-7-3-11-34-23-28)26-6-2-5-25(21-26)24-39(12-4-10-33)32(41)38-17-19-42-20-18-38/h2-3,5-9,11,21-23H,4,10,12-20,24,33H2,1H3,(H,35,40). The number of piperazine rings is 1. The van der Waals surface area contributed by atoms with Crippen LogP contribution in [0.1, 0.15) is 22.3 Å². The number of nitrogens with zero attached hydrogens (tertiary/aromatic N) is 5. The molecule has 3 amide bonds. The smallest absolute Gasteiger partial charge is 0.320 e. The van der Waals surface area contributed by atoms with Gasteiger partial charge in [0, 0.05) is 64.8 Å². The maximum atomic E-state index is 13.3. The maximum absolute atomic E-state index is 13.3. The number of amides is 3. The van der Waals surface area contributed by atoms with E-state index in [1.54, 1.807) is 24.5 Å². The van der Waals surface area contributed by atoms with Gasteiger partial charge in [0.1, 0.15) is 0 Å². The second kappa shape index (κ2) is 14.3. The van der Waals surface area contributed by atoms with Gasteiger partial charge in [0.25, 0.3) is 5.91 Å². The van der Waals surface area contributed by atoms with Crippen molar-refractivity contribution in [3.8, 4) is 11.1 Å². The third kappa shape index (κ3) is 7.44. The molecule has 0 spiro atoms. The minimum absolute atomic E-state index is 0.0223. The zero-order valence-corrected chi connectivity index (χ0v) is 24.4. The summed E-state index contributed by atoms with van der Waals surface area (Å²) >= 11 is 0. The van der Waals surface area contributed by atoms with Crippen molar-refractivity contribution in [2.24, 2.45) is 5.73 Å². The summed E-state index contributed by atoms with van der Waals surface area (Å²) in [6.45, 7) is 7.65. The van der Waals surface area contributed by atoms with Crippen molar-refractivity contribution in [2.75, 3.05) is 82.8 Å². The molecule has 0 atom stereocenters. The summed E-state index contributed by atoms with van der Waals surface area (Å²) in [5.41, 5.74) is 11.1. The van der Waals surface area contributed by atoms with E-state index in [9.17, 15) is 9.59 Å². The van der Waals surface area contributed by atoms with Crippen LogP contribution in [0.15, 0.2) is 67.0 Å². The lowest BCUT2D eigenvalue weighted by Gasteiger charge is -2.35. The Hall–Kier alpha value is -3.99. The molecule has 42 heavy (non-hydrogen) atoms. The lowest BCUT2D eigenvalue weighted by molar-refractivity contribution is 0.0425. The quantitative estimate of drug-likeness (QED) is 0.406. The average Bonchev–Trinajstić information content (AvgIpc) is 3.04. The van der Waals surface area contributed by atoms with Gasteiger partial charge in [-0.05, 0) is 67.0 Å². The molecule has 2 aromatic carbocycles. The fourth-order valence-corrected chi connectivity index (χ4v) is 5.38. The van der Waals surface area contributed by atoms with Crippen molar-refractivity contribution in [3.63, 3.8) is 0 Å². The number of hydrogen-bond acceptors (Lipinski definition) is 7. The molecule has 0 unspecified atom stereocenters. The van der Waals surface area contributed by atoms with Crippen LogP contribution in [0.2, 0.25) is 0 Å². The Kier molecular flexibility index (Phi) is 10.0.